The second-order valence-electron chi connectivity index (χ2n) is 16.6. The topological polar surface area (TPSA) is 245 Å². The average Bonchev–Trinajstić information content (AvgIpc) is 4.07. The number of nitrogens with zero attached hydrogens (tertiary/aromatic N) is 10. The number of rotatable bonds is 15. The Morgan fingerprint density at radius 2 is 1.22 bits per heavy atom. The lowest BCUT2D eigenvalue weighted by atomic mass is 9.83. The number of halogens is 7. The molecule has 74 heavy (non-hydrogen) atoms. The minimum atomic E-state index is -4.67. The molecule has 4 amide bonds. The van der Waals surface area contributed by atoms with E-state index in [1.807, 2.05) is 0 Å². The lowest BCUT2D eigenvalue weighted by Crippen LogP contribution is -2.27. The summed E-state index contributed by atoms with van der Waals surface area (Å²) in [6.07, 6.45) is 2.86. The van der Waals surface area contributed by atoms with Gasteiger partial charge in [0, 0.05) is 29.4 Å². The van der Waals surface area contributed by atoms with Crippen LogP contribution in [0.3, 0.4) is 0 Å². The quantitative estimate of drug-likeness (QED) is 0.0552. The molecule has 8 rings (SSSR count). The van der Waals surface area contributed by atoms with E-state index in [1.165, 1.54) is 55.1 Å². The Balaban J connectivity index is 0.868. The highest BCUT2D eigenvalue weighted by molar-refractivity contribution is 7.14. The van der Waals surface area contributed by atoms with Crippen molar-refractivity contribution in [2.45, 2.75) is 57.8 Å². The number of aromatic nitrogens is 10. The van der Waals surface area contributed by atoms with Gasteiger partial charge in [0.2, 0.25) is 17.8 Å². The minimum absolute atomic E-state index is 0.0268. The largest absolute Gasteiger partial charge is 0.417 e. The van der Waals surface area contributed by atoms with Crippen LogP contribution in [0.1, 0.15) is 107 Å². The number of hydrogen-bond acceptors (Lipinski definition) is 16. The molecule has 2 atom stereocenters. The van der Waals surface area contributed by atoms with Crippen LogP contribution in [0.15, 0.2) is 92.0 Å². The summed E-state index contributed by atoms with van der Waals surface area (Å²) in [5.41, 5.74) is -1.17. The van der Waals surface area contributed by atoms with E-state index >= 15 is 4.39 Å². The molecule has 0 saturated carbocycles. The third kappa shape index (κ3) is 12.1. The van der Waals surface area contributed by atoms with E-state index in [1.54, 1.807) is 33.8 Å². The van der Waals surface area contributed by atoms with Crippen molar-refractivity contribution in [3.05, 3.63) is 162 Å². The van der Waals surface area contributed by atoms with Crippen molar-refractivity contribution in [3.8, 4) is 22.5 Å². The highest BCUT2D eigenvalue weighted by atomic mass is 35.5. The number of anilines is 2. The predicted octanol–water partition coefficient (Wildman–Crippen LogP) is 9.70. The number of thiazole rings is 2. The third-order valence-electron chi connectivity index (χ3n) is 10.7. The van der Waals surface area contributed by atoms with Gasteiger partial charge in [0.25, 0.3) is 23.6 Å². The maximum atomic E-state index is 15.8. The summed E-state index contributed by atoms with van der Waals surface area (Å²) < 4.78 is 69.3. The zero-order valence-electron chi connectivity index (χ0n) is 38.6. The second-order valence-corrected chi connectivity index (χ2v) is 19.6. The fraction of sp³-hybridized carbons (Fsp3) is 0.191. The molecule has 2 unspecified atom stereocenters. The number of nitrogens with one attached hydrogen (secondary N) is 4. The van der Waals surface area contributed by atoms with Crippen molar-refractivity contribution in [1.29, 1.82) is 0 Å². The molecule has 18 nitrogen and oxygen atoms in total. The van der Waals surface area contributed by atoms with Gasteiger partial charge in [-0.25, -0.2) is 49.8 Å². The number of amides is 4. The van der Waals surface area contributed by atoms with Gasteiger partial charge < -0.3 is 16.0 Å². The molecule has 0 spiro atoms. The molecule has 0 aliphatic rings. The molecule has 0 radical (unpaired) electrons. The van der Waals surface area contributed by atoms with Crippen LogP contribution >= 0.6 is 45.9 Å². The van der Waals surface area contributed by atoms with Crippen LogP contribution in [-0.2, 0) is 18.0 Å². The number of carbonyl (C=O) groups is 4. The molecular weight excluding hydrogens is 1050 g/mol. The number of carbonyl (C=O) groups excluding carboxylic acids is 4. The maximum Gasteiger partial charge on any atom is 0.417 e. The summed E-state index contributed by atoms with van der Waals surface area (Å²) in [6.45, 7) is 6.86. The predicted molar refractivity (Wildman–Crippen MR) is 263 cm³/mol. The monoisotopic (exact) mass is 1090 g/mol. The number of hydrogen-bond donors (Lipinski definition) is 4. The standard InChI is InChI=1S/C47H35Cl2F5N14O4S2/c1-21(43-56-17-34(73-43)41(71)66-23-8-10-27(28(48)12-23)47(52,53)54)63-40(70)33-14-31(60-20-62-33)26-9-7-24(65-38(26)51)15-46(3,4)36-29(49)16-58-45(67-36)68-42(72)35-18-57-44(74-35)22(2)64-39(69)32-13-30(59-19-61-32)25-6-5-11-55-37(25)50/h5-14,16-22H,15H2,1-4H3,(H,63,70)(H,64,69)(H,66,71)(H,58,67,68,72). The molecular formula is C47H35Cl2F5N14O4S2. The molecule has 0 bridgehead atoms. The molecule has 7 heterocycles. The van der Waals surface area contributed by atoms with E-state index < -0.39 is 69.8 Å². The summed E-state index contributed by atoms with van der Waals surface area (Å²) in [5, 5.41) is 10.9. The number of benzene rings is 1. The first kappa shape index (κ1) is 52.5. The molecule has 378 valence electrons. The van der Waals surface area contributed by atoms with E-state index in [0.29, 0.717) is 21.4 Å². The molecule has 4 N–H and O–H groups in total. The first-order valence-corrected chi connectivity index (χ1v) is 24.0. The van der Waals surface area contributed by atoms with Gasteiger partial charge in [-0.2, -0.15) is 22.0 Å². The Hall–Kier alpha value is -7.87. The van der Waals surface area contributed by atoms with Crippen molar-refractivity contribution >= 4 is 81.1 Å². The minimum Gasteiger partial charge on any atom is -0.342 e. The molecule has 7 aromatic heterocycles. The van der Waals surface area contributed by atoms with Crippen LogP contribution in [0.5, 0.6) is 0 Å². The smallest absolute Gasteiger partial charge is 0.342 e. The van der Waals surface area contributed by atoms with E-state index in [4.69, 9.17) is 23.2 Å². The fourth-order valence-electron chi connectivity index (χ4n) is 7.06. The van der Waals surface area contributed by atoms with E-state index in [2.05, 4.69) is 71.1 Å². The highest BCUT2D eigenvalue weighted by Crippen LogP contribution is 2.37. The Morgan fingerprint density at radius 1 is 0.635 bits per heavy atom. The van der Waals surface area contributed by atoms with Gasteiger partial charge in [0.05, 0.1) is 74.5 Å². The molecule has 27 heteroatoms. The summed E-state index contributed by atoms with van der Waals surface area (Å²) in [5.74, 6) is -4.25. The lowest BCUT2D eigenvalue weighted by molar-refractivity contribution is -0.137. The van der Waals surface area contributed by atoms with Gasteiger partial charge in [-0.1, -0.05) is 37.0 Å². The average molecular weight is 1090 g/mol. The lowest BCUT2D eigenvalue weighted by Gasteiger charge is -2.25. The van der Waals surface area contributed by atoms with Crippen LogP contribution < -0.4 is 21.3 Å². The SMILES string of the molecule is CC(NC(=O)c1cc(-c2ccc(CC(C)(C)c3nc(NC(=O)c4cnc(C(C)NC(=O)c5cc(-c6cccnc6F)ncn5)s4)ncc3Cl)nc2F)ncn1)c1ncc(C(=O)Nc2ccc(C(F)(F)F)c(Cl)c2)s1. The molecule has 0 fully saturated rings. The van der Waals surface area contributed by atoms with Crippen LogP contribution in [0.25, 0.3) is 22.5 Å². The van der Waals surface area contributed by atoms with Gasteiger partial charge in [0.15, 0.2) is 0 Å². The van der Waals surface area contributed by atoms with Gasteiger partial charge >= 0.3 is 6.18 Å². The third-order valence-corrected chi connectivity index (χ3v) is 13.7. The van der Waals surface area contributed by atoms with Gasteiger partial charge in [0.1, 0.15) is 43.8 Å². The van der Waals surface area contributed by atoms with E-state index in [0.717, 1.165) is 53.5 Å². The van der Waals surface area contributed by atoms with Gasteiger partial charge in [-0.15, -0.1) is 22.7 Å². The fourth-order valence-corrected chi connectivity index (χ4v) is 9.33. The molecule has 1 aromatic carbocycles. The van der Waals surface area contributed by atoms with Crippen LogP contribution in [0, 0.1) is 11.9 Å². The molecule has 0 saturated heterocycles. The summed E-state index contributed by atoms with van der Waals surface area (Å²) in [6, 6.07) is 10.0. The molecule has 8 aromatic rings. The van der Waals surface area contributed by atoms with Gasteiger partial charge in [-0.05, 0) is 68.4 Å². The Kier molecular flexibility index (Phi) is 15.4. The Bertz CT molecular complexity index is 3470. The van der Waals surface area contributed by atoms with Crippen LogP contribution in [-0.4, -0.2) is 73.5 Å². The number of pyridine rings is 2. The highest BCUT2D eigenvalue weighted by Gasteiger charge is 2.33. The summed E-state index contributed by atoms with van der Waals surface area (Å²) in [7, 11) is 0. The maximum absolute atomic E-state index is 15.8. The van der Waals surface area contributed by atoms with E-state index in [-0.39, 0.29) is 66.7 Å². The molecule has 0 aliphatic carbocycles. The van der Waals surface area contributed by atoms with Crippen molar-refractivity contribution in [2.24, 2.45) is 0 Å². The van der Waals surface area contributed by atoms with Crippen molar-refractivity contribution in [3.63, 3.8) is 0 Å². The van der Waals surface area contributed by atoms with Gasteiger partial charge in [-0.3, -0.25) is 24.5 Å². The molecule has 0 aliphatic heterocycles. The Morgan fingerprint density at radius 3 is 1.77 bits per heavy atom. The Labute approximate surface area is 433 Å². The normalized spacial score (nSPS) is 12.4. The first-order chi connectivity index (χ1) is 35.1. The van der Waals surface area contributed by atoms with E-state index in [9.17, 15) is 36.7 Å². The zero-order valence-corrected chi connectivity index (χ0v) is 41.7. The van der Waals surface area contributed by atoms with Crippen molar-refractivity contribution in [2.75, 3.05) is 10.6 Å². The van der Waals surface area contributed by atoms with Crippen molar-refractivity contribution < 1.29 is 41.1 Å². The first-order valence-electron chi connectivity index (χ1n) is 21.6. The van der Waals surface area contributed by atoms with Crippen LogP contribution in [0.2, 0.25) is 10.0 Å². The number of alkyl halides is 3. The second kappa shape index (κ2) is 21.7. The van der Waals surface area contributed by atoms with Crippen LogP contribution in [0.4, 0.5) is 33.6 Å². The summed E-state index contributed by atoms with van der Waals surface area (Å²) in [4.78, 5) is 94.1. The van der Waals surface area contributed by atoms with Crippen molar-refractivity contribution in [1.82, 2.24) is 60.5 Å². The zero-order chi connectivity index (χ0) is 53.1. The summed E-state index contributed by atoms with van der Waals surface area (Å²) >= 11 is 14.3.